The van der Waals surface area contributed by atoms with Gasteiger partial charge in [0.15, 0.2) is 0 Å². The van der Waals surface area contributed by atoms with Crippen LogP contribution in [0.25, 0.3) is 0 Å². The zero-order chi connectivity index (χ0) is 9.14. The minimum atomic E-state index is -0.407. The Morgan fingerprint density at radius 2 is 2.08 bits per heavy atom. The molecule has 1 aliphatic carbocycles. The van der Waals surface area contributed by atoms with Crippen molar-refractivity contribution in [2.75, 3.05) is 6.54 Å². The Hall–Kier alpha value is -1.10. The first-order chi connectivity index (χ1) is 5.61. The second-order valence-electron chi connectivity index (χ2n) is 3.01. The van der Waals surface area contributed by atoms with Crippen LogP contribution in [-0.2, 0) is 9.59 Å². The largest absolute Gasteiger partial charge is 0.370 e. The number of hydrogen-bond donors (Lipinski definition) is 3. The fourth-order valence-corrected chi connectivity index (χ4v) is 0.956. The van der Waals surface area contributed by atoms with Crippen LogP contribution < -0.4 is 16.8 Å². The van der Waals surface area contributed by atoms with E-state index in [9.17, 15) is 9.59 Å². The number of amides is 2. The van der Waals surface area contributed by atoms with Gasteiger partial charge in [-0.2, -0.15) is 0 Å². The van der Waals surface area contributed by atoms with Gasteiger partial charge in [-0.25, -0.2) is 0 Å². The predicted molar refractivity (Wildman–Crippen MR) is 42.9 cm³/mol. The number of rotatable bonds is 4. The van der Waals surface area contributed by atoms with Crippen molar-refractivity contribution in [3.8, 4) is 0 Å². The zero-order valence-corrected chi connectivity index (χ0v) is 6.75. The van der Waals surface area contributed by atoms with Gasteiger partial charge in [-0.1, -0.05) is 0 Å². The van der Waals surface area contributed by atoms with Gasteiger partial charge in [-0.05, 0) is 6.42 Å². The molecule has 0 aliphatic heterocycles. The van der Waals surface area contributed by atoms with E-state index in [0.29, 0.717) is 6.54 Å². The Bertz CT molecular complexity index is 205. The summed E-state index contributed by atoms with van der Waals surface area (Å²) in [6, 6.07) is 0.0126. The Kier molecular flexibility index (Phi) is 2.65. The van der Waals surface area contributed by atoms with Gasteiger partial charge >= 0.3 is 0 Å². The third kappa shape index (κ3) is 2.50. The Labute approximate surface area is 70.5 Å². The summed E-state index contributed by atoms with van der Waals surface area (Å²) < 4.78 is 0. The van der Waals surface area contributed by atoms with Gasteiger partial charge in [-0.3, -0.25) is 9.59 Å². The van der Waals surface area contributed by atoms with Crippen molar-refractivity contribution < 1.29 is 9.59 Å². The Morgan fingerprint density at radius 1 is 1.50 bits per heavy atom. The van der Waals surface area contributed by atoms with Gasteiger partial charge in [0.2, 0.25) is 11.8 Å². The summed E-state index contributed by atoms with van der Waals surface area (Å²) in [7, 11) is 0. The number of carbonyl (C=O) groups excluding carboxylic acids is 2. The quantitative estimate of drug-likeness (QED) is 0.471. The highest BCUT2D eigenvalue weighted by atomic mass is 16.2. The average Bonchev–Trinajstić information content (AvgIpc) is 2.66. The summed E-state index contributed by atoms with van der Waals surface area (Å²) in [5.41, 5.74) is 10.3. The monoisotopic (exact) mass is 171 g/mol. The fourth-order valence-electron chi connectivity index (χ4n) is 0.956. The van der Waals surface area contributed by atoms with Crippen LogP contribution >= 0.6 is 0 Å². The number of nitrogens with one attached hydrogen (secondary N) is 1. The molecule has 0 heterocycles. The lowest BCUT2D eigenvalue weighted by atomic mass is 10.3. The molecule has 0 aromatic rings. The minimum Gasteiger partial charge on any atom is -0.370 e. The minimum absolute atomic E-state index is 0.0126. The van der Waals surface area contributed by atoms with Crippen LogP contribution in [0.5, 0.6) is 0 Å². The van der Waals surface area contributed by atoms with E-state index >= 15 is 0 Å². The molecule has 5 heteroatoms. The fraction of sp³-hybridized carbons (Fsp3) is 0.714. The smallest absolute Gasteiger partial charge is 0.224 e. The highest BCUT2D eigenvalue weighted by molar-refractivity contribution is 5.83. The second-order valence-corrected chi connectivity index (χ2v) is 3.01. The molecule has 0 spiro atoms. The molecule has 5 N–H and O–H groups in total. The Balaban J connectivity index is 2.07. The lowest BCUT2D eigenvalue weighted by molar-refractivity contribution is -0.122. The van der Waals surface area contributed by atoms with E-state index in [2.05, 4.69) is 5.32 Å². The molecule has 0 radical (unpaired) electrons. The summed E-state index contributed by atoms with van der Waals surface area (Å²) in [6.45, 7) is 0.317. The van der Waals surface area contributed by atoms with Crippen LogP contribution in [0.2, 0.25) is 0 Å². The third-order valence-electron chi connectivity index (χ3n) is 1.85. The molecule has 68 valence electrons. The average molecular weight is 171 g/mol. The van der Waals surface area contributed by atoms with Crippen molar-refractivity contribution in [1.82, 2.24) is 5.32 Å². The zero-order valence-electron chi connectivity index (χ0n) is 6.75. The molecular weight excluding hydrogens is 158 g/mol. The molecule has 1 aliphatic rings. The standard InChI is InChI=1S/C7H13N3O2/c8-5-3-4(5)7(12)10-2-1-6(9)11/h4-5H,1-3,8H2,(H2,9,11)(H,10,12). The van der Waals surface area contributed by atoms with Crippen LogP contribution in [0.3, 0.4) is 0 Å². The lowest BCUT2D eigenvalue weighted by Gasteiger charge is -2.01. The maximum atomic E-state index is 11.1. The van der Waals surface area contributed by atoms with Crippen molar-refractivity contribution in [3.63, 3.8) is 0 Å². The van der Waals surface area contributed by atoms with Gasteiger partial charge < -0.3 is 16.8 Å². The van der Waals surface area contributed by atoms with Gasteiger partial charge in [0, 0.05) is 19.0 Å². The van der Waals surface area contributed by atoms with Gasteiger partial charge in [0.05, 0.1) is 5.92 Å². The molecule has 0 aromatic carbocycles. The van der Waals surface area contributed by atoms with E-state index in [-0.39, 0.29) is 24.3 Å². The van der Waals surface area contributed by atoms with E-state index in [0.717, 1.165) is 6.42 Å². The van der Waals surface area contributed by atoms with Gasteiger partial charge in [-0.15, -0.1) is 0 Å². The molecule has 1 rings (SSSR count). The predicted octanol–water partition coefficient (Wildman–Crippen LogP) is -1.67. The van der Waals surface area contributed by atoms with Crippen molar-refractivity contribution in [2.24, 2.45) is 17.4 Å². The highest BCUT2D eigenvalue weighted by Gasteiger charge is 2.39. The lowest BCUT2D eigenvalue weighted by Crippen LogP contribution is -2.30. The van der Waals surface area contributed by atoms with Crippen LogP contribution in [0.15, 0.2) is 0 Å². The van der Waals surface area contributed by atoms with Crippen molar-refractivity contribution in [3.05, 3.63) is 0 Å². The van der Waals surface area contributed by atoms with Gasteiger partial charge in [0.25, 0.3) is 0 Å². The number of primary amides is 1. The summed E-state index contributed by atoms with van der Waals surface area (Å²) in [4.78, 5) is 21.3. The van der Waals surface area contributed by atoms with E-state index in [4.69, 9.17) is 11.5 Å². The normalized spacial score (nSPS) is 26.4. The van der Waals surface area contributed by atoms with Crippen LogP contribution in [0, 0.1) is 5.92 Å². The first-order valence-corrected chi connectivity index (χ1v) is 3.93. The topological polar surface area (TPSA) is 98.2 Å². The van der Waals surface area contributed by atoms with E-state index in [1.54, 1.807) is 0 Å². The molecule has 1 saturated carbocycles. The van der Waals surface area contributed by atoms with Crippen LogP contribution in [0.1, 0.15) is 12.8 Å². The van der Waals surface area contributed by atoms with Crippen LogP contribution in [0.4, 0.5) is 0 Å². The van der Waals surface area contributed by atoms with E-state index in [1.165, 1.54) is 0 Å². The maximum absolute atomic E-state index is 11.1. The molecule has 0 bridgehead atoms. The van der Waals surface area contributed by atoms with Crippen molar-refractivity contribution in [1.29, 1.82) is 0 Å². The highest BCUT2D eigenvalue weighted by Crippen LogP contribution is 2.27. The van der Waals surface area contributed by atoms with E-state index < -0.39 is 5.91 Å². The molecule has 0 saturated heterocycles. The molecule has 2 amide bonds. The summed E-state index contributed by atoms with van der Waals surface area (Å²) in [5.74, 6) is -0.517. The Morgan fingerprint density at radius 3 is 2.50 bits per heavy atom. The molecule has 0 aromatic heterocycles. The van der Waals surface area contributed by atoms with E-state index in [1.807, 2.05) is 0 Å². The third-order valence-corrected chi connectivity index (χ3v) is 1.85. The number of hydrogen-bond acceptors (Lipinski definition) is 3. The maximum Gasteiger partial charge on any atom is 0.224 e. The number of nitrogens with two attached hydrogens (primary N) is 2. The van der Waals surface area contributed by atoms with Gasteiger partial charge in [0.1, 0.15) is 0 Å². The summed E-state index contributed by atoms with van der Waals surface area (Å²) in [6.07, 6.45) is 0.941. The molecule has 1 fully saturated rings. The second kappa shape index (κ2) is 3.53. The summed E-state index contributed by atoms with van der Waals surface area (Å²) in [5, 5.41) is 2.59. The van der Waals surface area contributed by atoms with Crippen LogP contribution in [-0.4, -0.2) is 24.4 Å². The molecular formula is C7H13N3O2. The molecule has 2 atom stereocenters. The number of carbonyl (C=O) groups is 2. The molecule has 12 heavy (non-hydrogen) atoms. The first kappa shape index (κ1) is 8.99. The van der Waals surface area contributed by atoms with Crippen molar-refractivity contribution >= 4 is 11.8 Å². The SMILES string of the molecule is NC(=O)CCNC(=O)C1CC1N. The summed E-state index contributed by atoms with van der Waals surface area (Å²) >= 11 is 0. The molecule has 5 nitrogen and oxygen atoms in total. The first-order valence-electron chi connectivity index (χ1n) is 3.93. The molecule has 2 unspecified atom stereocenters. The van der Waals surface area contributed by atoms with Crippen molar-refractivity contribution in [2.45, 2.75) is 18.9 Å².